The van der Waals surface area contributed by atoms with Crippen molar-refractivity contribution >= 4 is 23.9 Å². The fraction of sp³-hybridized carbons (Fsp3) is 0.778. The van der Waals surface area contributed by atoms with Crippen molar-refractivity contribution in [2.45, 2.75) is 64.6 Å². The number of fused-ring (bicyclic) bond motifs is 1. The lowest BCUT2D eigenvalue weighted by atomic mass is 9.81. The molecule has 2 saturated heterocycles. The number of nitrogens with one attached hydrogen (secondary N) is 1. The van der Waals surface area contributed by atoms with Crippen molar-refractivity contribution in [2.75, 3.05) is 13.1 Å². The first-order chi connectivity index (χ1) is 12.7. The van der Waals surface area contributed by atoms with Gasteiger partial charge in [0.15, 0.2) is 0 Å². The van der Waals surface area contributed by atoms with Gasteiger partial charge in [0, 0.05) is 13.1 Å². The molecular formula is C18H29NO8. The Morgan fingerprint density at radius 2 is 1.26 bits per heavy atom. The molecule has 0 spiro atoms. The van der Waals surface area contributed by atoms with Gasteiger partial charge in [0.1, 0.15) is 0 Å². The Labute approximate surface area is 158 Å². The molecule has 0 aromatic carbocycles. The van der Waals surface area contributed by atoms with Crippen molar-refractivity contribution in [2.24, 2.45) is 11.8 Å². The van der Waals surface area contributed by atoms with E-state index in [1.54, 1.807) is 13.8 Å². The lowest BCUT2D eigenvalue weighted by molar-refractivity contribution is -0.154. The summed E-state index contributed by atoms with van der Waals surface area (Å²) in [6, 6.07) is 0. The molecule has 154 valence electrons. The highest BCUT2D eigenvalue weighted by Crippen LogP contribution is 2.36. The number of carbonyl (C=O) groups is 4. The summed E-state index contributed by atoms with van der Waals surface area (Å²) in [5, 5.41) is 20.3. The molecule has 3 N–H and O–H groups in total. The second-order valence-corrected chi connectivity index (χ2v) is 6.94. The molecule has 3 rings (SSSR count). The molecular weight excluding hydrogens is 358 g/mol. The second-order valence-electron chi connectivity index (χ2n) is 6.94. The van der Waals surface area contributed by atoms with Crippen LogP contribution in [0.3, 0.4) is 0 Å². The molecule has 4 unspecified atom stereocenters. The molecule has 0 aromatic heterocycles. The van der Waals surface area contributed by atoms with E-state index in [0.29, 0.717) is 13.1 Å². The fourth-order valence-electron chi connectivity index (χ4n) is 2.88. The lowest BCUT2D eigenvalue weighted by Crippen LogP contribution is -2.30. The zero-order chi connectivity index (χ0) is 20.4. The number of esters is 4. The topological polar surface area (TPSA) is 139 Å². The Morgan fingerprint density at radius 3 is 1.56 bits per heavy atom. The van der Waals surface area contributed by atoms with E-state index in [1.165, 1.54) is 0 Å². The molecule has 0 bridgehead atoms. The van der Waals surface area contributed by atoms with Gasteiger partial charge in [0.25, 0.3) is 0 Å². The molecule has 0 aromatic rings. The van der Waals surface area contributed by atoms with Gasteiger partial charge in [0.2, 0.25) is 0 Å². The quantitative estimate of drug-likeness (QED) is 0.451. The van der Waals surface area contributed by atoms with Crippen LogP contribution in [0.1, 0.15) is 52.4 Å². The summed E-state index contributed by atoms with van der Waals surface area (Å²) in [6.45, 7) is 4.50. The lowest BCUT2D eigenvalue weighted by Gasteiger charge is -2.18. The monoisotopic (exact) mass is 387 g/mol. The standard InChI is InChI=1S/C8H10O3.C6H15NO2.C4H4O3/c9-7-5-3-1-2-4-6(5)8(10)11-7;1-5(8)3-7-4-6(2)9;5-3-1-2-4(6)7-3/h5-6H,1-4H2;5-9H,3-4H2,1-2H3;1-2H2. The summed E-state index contributed by atoms with van der Waals surface area (Å²) in [5.41, 5.74) is 0. The molecule has 3 fully saturated rings. The first kappa shape index (κ1) is 23.2. The molecule has 0 radical (unpaired) electrons. The summed E-state index contributed by atoms with van der Waals surface area (Å²) >= 11 is 0. The molecule has 0 amide bonds. The SMILES string of the molecule is CC(O)CNCC(C)O.O=C1CCC(=O)O1.O=C1OC(=O)C2CCCCC12. The van der Waals surface area contributed by atoms with Crippen molar-refractivity contribution in [3.8, 4) is 0 Å². The number of rotatable bonds is 4. The van der Waals surface area contributed by atoms with E-state index in [9.17, 15) is 19.2 Å². The number of hydrogen-bond acceptors (Lipinski definition) is 9. The van der Waals surface area contributed by atoms with Crippen molar-refractivity contribution in [1.29, 1.82) is 0 Å². The number of aliphatic hydroxyl groups is 2. The van der Waals surface area contributed by atoms with Gasteiger partial charge in [-0.3, -0.25) is 19.2 Å². The Kier molecular flexibility index (Phi) is 10.1. The number of hydrogen-bond donors (Lipinski definition) is 3. The smallest absolute Gasteiger partial charge is 0.317 e. The van der Waals surface area contributed by atoms with E-state index < -0.39 is 11.9 Å². The van der Waals surface area contributed by atoms with Crippen LogP contribution in [0.2, 0.25) is 0 Å². The molecule has 4 atom stereocenters. The number of carbonyl (C=O) groups excluding carboxylic acids is 4. The van der Waals surface area contributed by atoms with Crippen LogP contribution < -0.4 is 5.32 Å². The van der Waals surface area contributed by atoms with Crippen LogP contribution in [0, 0.1) is 11.8 Å². The van der Waals surface area contributed by atoms with E-state index in [0.717, 1.165) is 25.7 Å². The summed E-state index contributed by atoms with van der Waals surface area (Å²) in [4.78, 5) is 42.0. The highest BCUT2D eigenvalue weighted by Gasteiger charge is 2.44. The van der Waals surface area contributed by atoms with E-state index >= 15 is 0 Å². The minimum atomic E-state index is -0.398. The summed E-state index contributed by atoms with van der Waals surface area (Å²) < 4.78 is 8.61. The highest BCUT2D eigenvalue weighted by atomic mass is 16.6. The van der Waals surface area contributed by atoms with E-state index in [4.69, 9.17) is 10.2 Å². The van der Waals surface area contributed by atoms with Crippen molar-refractivity contribution < 1.29 is 38.9 Å². The second kappa shape index (κ2) is 11.8. The average Bonchev–Trinajstić information content (AvgIpc) is 3.11. The third kappa shape index (κ3) is 9.07. The molecule has 1 saturated carbocycles. The van der Waals surface area contributed by atoms with E-state index in [-0.39, 0.29) is 48.8 Å². The molecule has 9 nitrogen and oxygen atoms in total. The Bertz CT molecular complexity index is 487. The number of cyclic esters (lactones) is 4. The molecule has 9 heteroatoms. The van der Waals surface area contributed by atoms with Crippen LogP contribution in [0.25, 0.3) is 0 Å². The van der Waals surface area contributed by atoms with Crippen molar-refractivity contribution in [3.63, 3.8) is 0 Å². The molecule has 1 aliphatic carbocycles. The summed E-state index contributed by atoms with van der Waals surface area (Å²) in [7, 11) is 0. The van der Waals surface area contributed by atoms with Crippen molar-refractivity contribution in [3.05, 3.63) is 0 Å². The molecule has 3 aliphatic rings. The third-order valence-corrected chi connectivity index (χ3v) is 4.21. The fourth-order valence-corrected chi connectivity index (χ4v) is 2.88. The minimum absolute atomic E-state index is 0.101. The van der Waals surface area contributed by atoms with Crippen LogP contribution in [0.4, 0.5) is 0 Å². The predicted octanol–water partition coefficient (Wildman–Crippen LogP) is 0.0638. The molecule has 2 heterocycles. The van der Waals surface area contributed by atoms with Gasteiger partial charge in [0.05, 0.1) is 36.9 Å². The van der Waals surface area contributed by atoms with Gasteiger partial charge in [-0.25, -0.2) is 0 Å². The largest absolute Gasteiger partial charge is 0.393 e. The maximum absolute atomic E-state index is 11.0. The third-order valence-electron chi connectivity index (χ3n) is 4.21. The first-order valence-corrected chi connectivity index (χ1v) is 9.26. The van der Waals surface area contributed by atoms with Crippen LogP contribution in [-0.2, 0) is 28.7 Å². The Morgan fingerprint density at radius 1 is 0.852 bits per heavy atom. The van der Waals surface area contributed by atoms with Crippen LogP contribution in [-0.4, -0.2) is 59.4 Å². The van der Waals surface area contributed by atoms with Gasteiger partial charge >= 0.3 is 23.9 Å². The average molecular weight is 387 g/mol. The zero-order valence-electron chi connectivity index (χ0n) is 15.8. The van der Waals surface area contributed by atoms with Crippen LogP contribution in [0.5, 0.6) is 0 Å². The highest BCUT2D eigenvalue weighted by molar-refractivity contribution is 5.96. The predicted molar refractivity (Wildman–Crippen MR) is 93.1 cm³/mol. The van der Waals surface area contributed by atoms with Gasteiger partial charge < -0.3 is 25.0 Å². The molecule has 27 heavy (non-hydrogen) atoms. The summed E-state index contributed by atoms with van der Waals surface area (Å²) in [5.74, 6) is -1.58. The van der Waals surface area contributed by atoms with E-state index in [1.807, 2.05) is 0 Å². The number of ether oxygens (including phenoxy) is 2. The van der Waals surface area contributed by atoms with Gasteiger partial charge in [-0.05, 0) is 26.7 Å². The van der Waals surface area contributed by atoms with Crippen LogP contribution >= 0.6 is 0 Å². The van der Waals surface area contributed by atoms with E-state index in [2.05, 4.69) is 14.8 Å². The first-order valence-electron chi connectivity index (χ1n) is 9.26. The summed E-state index contributed by atoms with van der Waals surface area (Å²) in [6.07, 6.45) is 3.67. The Hall–Kier alpha value is -1.84. The number of aliphatic hydroxyl groups excluding tert-OH is 2. The van der Waals surface area contributed by atoms with Crippen LogP contribution in [0.15, 0.2) is 0 Å². The van der Waals surface area contributed by atoms with Crippen molar-refractivity contribution in [1.82, 2.24) is 5.32 Å². The maximum Gasteiger partial charge on any atom is 0.317 e. The minimum Gasteiger partial charge on any atom is -0.393 e. The normalized spacial score (nSPS) is 25.9. The molecule has 2 aliphatic heterocycles. The maximum atomic E-state index is 11.0. The van der Waals surface area contributed by atoms with Gasteiger partial charge in [-0.2, -0.15) is 0 Å². The zero-order valence-corrected chi connectivity index (χ0v) is 15.8. The Balaban J connectivity index is 0.000000208. The van der Waals surface area contributed by atoms with Gasteiger partial charge in [-0.15, -0.1) is 0 Å². The van der Waals surface area contributed by atoms with Gasteiger partial charge in [-0.1, -0.05) is 12.8 Å².